The summed E-state index contributed by atoms with van der Waals surface area (Å²) < 4.78 is 13.6. The normalized spacial score (nSPS) is 10.4. The van der Waals surface area contributed by atoms with Crippen LogP contribution in [0.2, 0.25) is 0 Å². The van der Waals surface area contributed by atoms with E-state index in [4.69, 9.17) is 0 Å². The van der Waals surface area contributed by atoms with Crippen molar-refractivity contribution in [3.8, 4) is 0 Å². The van der Waals surface area contributed by atoms with E-state index in [9.17, 15) is 4.39 Å². The maximum absolute atomic E-state index is 13.6. The zero-order valence-corrected chi connectivity index (χ0v) is 11.2. The van der Waals surface area contributed by atoms with Crippen molar-refractivity contribution in [3.05, 3.63) is 35.1 Å². The highest BCUT2D eigenvalue weighted by Crippen LogP contribution is 2.21. The Kier molecular flexibility index (Phi) is 4.09. The van der Waals surface area contributed by atoms with Crippen molar-refractivity contribution in [3.63, 3.8) is 0 Å². The molecule has 0 saturated carbocycles. The van der Waals surface area contributed by atoms with Crippen LogP contribution in [0.4, 0.5) is 15.2 Å². The Morgan fingerprint density at radius 2 is 2.11 bits per heavy atom. The summed E-state index contributed by atoms with van der Waals surface area (Å²) >= 11 is 1.49. The Bertz CT molecular complexity index is 514. The molecule has 1 aromatic heterocycles. The maximum Gasteiger partial charge on any atom is 0.205 e. The minimum Gasteiger partial charge on any atom is -0.365 e. The van der Waals surface area contributed by atoms with Gasteiger partial charge in [0, 0.05) is 13.6 Å². The Balaban J connectivity index is 2.06. The molecule has 0 amide bonds. The highest BCUT2D eigenvalue weighted by molar-refractivity contribution is 7.15. The summed E-state index contributed by atoms with van der Waals surface area (Å²) in [5, 5.41) is 12.8. The van der Waals surface area contributed by atoms with Crippen LogP contribution in [0.1, 0.15) is 11.9 Å². The van der Waals surface area contributed by atoms with Gasteiger partial charge in [0.2, 0.25) is 5.13 Å². The van der Waals surface area contributed by atoms with E-state index < -0.39 is 0 Å². The van der Waals surface area contributed by atoms with Gasteiger partial charge in [-0.15, -0.1) is 10.2 Å². The predicted molar refractivity (Wildman–Crippen MR) is 72.6 cm³/mol. The molecule has 96 valence electrons. The Labute approximate surface area is 109 Å². The molecule has 18 heavy (non-hydrogen) atoms. The van der Waals surface area contributed by atoms with Gasteiger partial charge >= 0.3 is 0 Å². The van der Waals surface area contributed by atoms with Crippen LogP contribution in [-0.2, 0) is 6.54 Å². The van der Waals surface area contributed by atoms with Gasteiger partial charge in [0.05, 0.1) is 12.2 Å². The Hall–Kier alpha value is -1.69. The molecule has 0 aliphatic carbocycles. The second-order valence-corrected chi connectivity index (χ2v) is 4.90. The molecule has 1 aromatic carbocycles. The Morgan fingerprint density at radius 1 is 1.33 bits per heavy atom. The third-order valence-corrected chi connectivity index (χ3v) is 3.30. The van der Waals surface area contributed by atoms with Crippen molar-refractivity contribution < 1.29 is 4.39 Å². The number of nitrogens with one attached hydrogen (secondary N) is 1. The van der Waals surface area contributed by atoms with Crippen molar-refractivity contribution in [1.82, 2.24) is 10.2 Å². The third kappa shape index (κ3) is 2.95. The monoisotopic (exact) mass is 266 g/mol. The van der Waals surface area contributed by atoms with Gasteiger partial charge in [-0.25, -0.2) is 4.39 Å². The number of aromatic nitrogens is 2. The number of hydrogen-bond acceptors (Lipinski definition) is 5. The standard InChI is InChI=1S/C12H15FN4S/c1-3-14-12-16-15-11(18-12)8-17(2)10-7-5-4-6-9(10)13/h4-7H,3,8H2,1-2H3,(H,14,16). The fourth-order valence-corrected chi connectivity index (χ4v) is 2.45. The van der Waals surface area contributed by atoms with E-state index in [0.717, 1.165) is 16.7 Å². The van der Waals surface area contributed by atoms with Crippen LogP contribution in [0.3, 0.4) is 0 Å². The molecule has 0 aliphatic heterocycles. The van der Waals surface area contributed by atoms with Crippen LogP contribution >= 0.6 is 11.3 Å². The fourth-order valence-electron chi connectivity index (χ4n) is 1.59. The van der Waals surface area contributed by atoms with Crippen molar-refractivity contribution in [2.75, 3.05) is 23.8 Å². The number of para-hydroxylation sites is 1. The molecule has 6 heteroatoms. The number of nitrogens with zero attached hydrogens (tertiary/aromatic N) is 3. The van der Waals surface area contributed by atoms with Crippen molar-refractivity contribution in [2.45, 2.75) is 13.5 Å². The SMILES string of the molecule is CCNc1nnc(CN(C)c2ccccc2F)s1. The lowest BCUT2D eigenvalue weighted by Crippen LogP contribution is -2.17. The summed E-state index contributed by atoms with van der Waals surface area (Å²) in [4.78, 5) is 1.82. The van der Waals surface area contributed by atoms with Crippen molar-refractivity contribution >= 4 is 22.2 Å². The van der Waals surface area contributed by atoms with Gasteiger partial charge in [0.15, 0.2) is 0 Å². The zero-order valence-electron chi connectivity index (χ0n) is 10.4. The van der Waals surface area contributed by atoms with E-state index in [1.807, 2.05) is 24.9 Å². The molecule has 2 aromatic rings. The lowest BCUT2D eigenvalue weighted by atomic mass is 10.3. The summed E-state index contributed by atoms with van der Waals surface area (Å²) in [7, 11) is 1.84. The molecule has 1 heterocycles. The minimum absolute atomic E-state index is 0.226. The molecule has 0 atom stereocenters. The van der Waals surface area contributed by atoms with Gasteiger partial charge in [0.25, 0.3) is 0 Å². The van der Waals surface area contributed by atoms with Gasteiger partial charge < -0.3 is 10.2 Å². The lowest BCUT2D eigenvalue weighted by Gasteiger charge is -2.17. The smallest absolute Gasteiger partial charge is 0.205 e. The molecule has 0 spiro atoms. The topological polar surface area (TPSA) is 41.1 Å². The first-order valence-electron chi connectivity index (χ1n) is 5.72. The van der Waals surface area contributed by atoms with Crippen LogP contribution in [0, 0.1) is 5.82 Å². The second-order valence-electron chi connectivity index (χ2n) is 3.84. The predicted octanol–water partition coefficient (Wildman–Crippen LogP) is 2.75. The van der Waals surface area contributed by atoms with E-state index in [1.54, 1.807) is 12.1 Å². The quantitative estimate of drug-likeness (QED) is 0.903. The number of rotatable bonds is 5. The first kappa shape index (κ1) is 12.8. The summed E-state index contributed by atoms with van der Waals surface area (Å²) in [5.41, 5.74) is 0.567. The van der Waals surface area contributed by atoms with Crippen LogP contribution in [0.5, 0.6) is 0 Å². The molecular formula is C12H15FN4S. The second kappa shape index (κ2) is 5.77. The molecule has 1 N–H and O–H groups in total. The molecule has 0 radical (unpaired) electrons. The number of anilines is 2. The zero-order chi connectivity index (χ0) is 13.0. The third-order valence-electron chi connectivity index (χ3n) is 2.43. The van der Waals surface area contributed by atoms with E-state index in [1.165, 1.54) is 17.4 Å². The van der Waals surface area contributed by atoms with Crippen LogP contribution in [0.25, 0.3) is 0 Å². The lowest BCUT2D eigenvalue weighted by molar-refractivity contribution is 0.622. The number of benzene rings is 1. The van der Waals surface area contributed by atoms with Crippen molar-refractivity contribution in [2.24, 2.45) is 0 Å². The van der Waals surface area contributed by atoms with Crippen molar-refractivity contribution in [1.29, 1.82) is 0 Å². The van der Waals surface area contributed by atoms with E-state index >= 15 is 0 Å². The highest BCUT2D eigenvalue weighted by atomic mass is 32.1. The largest absolute Gasteiger partial charge is 0.365 e. The molecular weight excluding hydrogens is 251 g/mol. The summed E-state index contributed by atoms with van der Waals surface area (Å²) in [6, 6.07) is 6.71. The van der Waals surface area contributed by atoms with Crippen LogP contribution in [-0.4, -0.2) is 23.8 Å². The molecule has 2 rings (SSSR count). The fraction of sp³-hybridized carbons (Fsp3) is 0.333. The summed E-state index contributed by atoms with van der Waals surface area (Å²) in [5.74, 6) is -0.226. The molecule has 0 saturated heterocycles. The molecule has 4 nitrogen and oxygen atoms in total. The van der Waals surface area contributed by atoms with Gasteiger partial charge in [0.1, 0.15) is 10.8 Å². The van der Waals surface area contributed by atoms with Gasteiger partial charge in [-0.05, 0) is 19.1 Å². The van der Waals surface area contributed by atoms with Gasteiger partial charge in [-0.1, -0.05) is 23.5 Å². The minimum atomic E-state index is -0.226. The summed E-state index contributed by atoms with van der Waals surface area (Å²) in [6.45, 7) is 3.37. The van der Waals surface area contributed by atoms with Crippen LogP contribution in [0.15, 0.2) is 24.3 Å². The molecule has 0 unspecified atom stereocenters. The van der Waals surface area contributed by atoms with Gasteiger partial charge in [-0.2, -0.15) is 0 Å². The first-order chi connectivity index (χ1) is 8.70. The highest BCUT2D eigenvalue weighted by Gasteiger charge is 2.10. The Morgan fingerprint density at radius 3 is 2.83 bits per heavy atom. The summed E-state index contributed by atoms with van der Waals surface area (Å²) in [6.07, 6.45) is 0. The number of halogens is 1. The van der Waals surface area contributed by atoms with E-state index in [-0.39, 0.29) is 5.82 Å². The maximum atomic E-state index is 13.6. The van der Waals surface area contributed by atoms with E-state index in [2.05, 4.69) is 15.5 Å². The first-order valence-corrected chi connectivity index (χ1v) is 6.54. The average molecular weight is 266 g/mol. The van der Waals surface area contributed by atoms with Crippen LogP contribution < -0.4 is 10.2 Å². The van der Waals surface area contributed by atoms with E-state index in [0.29, 0.717) is 12.2 Å². The average Bonchev–Trinajstić information content (AvgIpc) is 2.77. The molecule has 0 fully saturated rings. The molecule has 0 aliphatic rings. The van der Waals surface area contributed by atoms with Gasteiger partial charge in [-0.3, -0.25) is 0 Å². The molecule has 0 bridgehead atoms. The number of hydrogen-bond donors (Lipinski definition) is 1.